The highest BCUT2D eigenvalue weighted by molar-refractivity contribution is 5.89. The van der Waals surface area contributed by atoms with E-state index in [4.69, 9.17) is 0 Å². The molecular formula is C22H25N3O2. The van der Waals surface area contributed by atoms with Gasteiger partial charge in [-0.05, 0) is 54.5 Å². The van der Waals surface area contributed by atoms with E-state index in [0.29, 0.717) is 6.42 Å². The van der Waals surface area contributed by atoms with Crippen molar-refractivity contribution in [3.05, 3.63) is 65.2 Å². The third-order valence-electron chi connectivity index (χ3n) is 5.41. The number of hydrogen-bond acceptors (Lipinski definition) is 2. The Labute approximate surface area is 159 Å². The molecule has 2 aromatic carbocycles. The standard InChI is InChI=1S/C22H25N3O2/c26-21(25-11-3-4-12-25)13-16-7-9-19(10-8-16)23-22(27)24-20-14-17-5-1-2-6-18(17)15-20/h1-2,5-10,20H,3-4,11-15H2,(H2,23,24,27). The first kappa shape index (κ1) is 17.6. The molecule has 140 valence electrons. The summed E-state index contributed by atoms with van der Waals surface area (Å²) in [6.45, 7) is 1.76. The number of urea groups is 1. The van der Waals surface area contributed by atoms with Crippen molar-refractivity contribution < 1.29 is 9.59 Å². The van der Waals surface area contributed by atoms with Crippen LogP contribution in [0.3, 0.4) is 0 Å². The molecule has 0 atom stereocenters. The Bertz CT molecular complexity index is 801. The summed E-state index contributed by atoms with van der Waals surface area (Å²) in [6.07, 6.45) is 4.39. The van der Waals surface area contributed by atoms with Gasteiger partial charge in [0.25, 0.3) is 0 Å². The van der Waals surface area contributed by atoms with Crippen molar-refractivity contribution in [2.75, 3.05) is 18.4 Å². The fraction of sp³-hybridized carbons (Fsp3) is 0.364. The minimum atomic E-state index is -0.186. The van der Waals surface area contributed by atoms with E-state index in [1.165, 1.54) is 11.1 Å². The van der Waals surface area contributed by atoms with E-state index in [-0.39, 0.29) is 18.0 Å². The second-order valence-corrected chi connectivity index (χ2v) is 7.43. The number of nitrogens with one attached hydrogen (secondary N) is 2. The van der Waals surface area contributed by atoms with E-state index in [9.17, 15) is 9.59 Å². The smallest absolute Gasteiger partial charge is 0.319 e. The Morgan fingerprint density at radius 2 is 1.56 bits per heavy atom. The van der Waals surface area contributed by atoms with Gasteiger partial charge in [0, 0.05) is 24.8 Å². The summed E-state index contributed by atoms with van der Waals surface area (Å²) in [6, 6.07) is 15.8. The van der Waals surface area contributed by atoms with Crippen LogP contribution in [0.4, 0.5) is 10.5 Å². The maximum Gasteiger partial charge on any atom is 0.319 e. The summed E-state index contributed by atoms with van der Waals surface area (Å²) in [5, 5.41) is 5.93. The third kappa shape index (κ3) is 4.30. The fourth-order valence-electron chi connectivity index (χ4n) is 3.97. The van der Waals surface area contributed by atoms with Crippen molar-refractivity contribution in [1.82, 2.24) is 10.2 Å². The molecule has 1 fully saturated rings. The molecule has 3 amide bonds. The Morgan fingerprint density at radius 1 is 0.926 bits per heavy atom. The fourth-order valence-corrected chi connectivity index (χ4v) is 3.97. The number of benzene rings is 2. The summed E-state index contributed by atoms with van der Waals surface area (Å²) in [7, 11) is 0. The number of hydrogen-bond donors (Lipinski definition) is 2. The molecule has 5 heteroatoms. The molecule has 27 heavy (non-hydrogen) atoms. The van der Waals surface area contributed by atoms with Crippen LogP contribution in [0.25, 0.3) is 0 Å². The lowest BCUT2D eigenvalue weighted by Gasteiger charge is -2.15. The Morgan fingerprint density at radius 3 is 2.19 bits per heavy atom. The van der Waals surface area contributed by atoms with Gasteiger partial charge in [-0.2, -0.15) is 0 Å². The van der Waals surface area contributed by atoms with E-state index in [2.05, 4.69) is 22.8 Å². The zero-order chi connectivity index (χ0) is 18.6. The van der Waals surface area contributed by atoms with Crippen LogP contribution >= 0.6 is 0 Å². The predicted molar refractivity (Wildman–Crippen MR) is 106 cm³/mol. The quantitative estimate of drug-likeness (QED) is 0.877. The number of nitrogens with zero attached hydrogens (tertiary/aromatic N) is 1. The summed E-state index contributed by atoms with van der Waals surface area (Å²) >= 11 is 0. The van der Waals surface area contributed by atoms with Crippen LogP contribution in [0.1, 0.15) is 29.5 Å². The number of anilines is 1. The minimum Gasteiger partial charge on any atom is -0.342 e. The Balaban J connectivity index is 1.27. The van der Waals surface area contributed by atoms with Gasteiger partial charge in [0.05, 0.1) is 6.42 Å². The first-order chi connectivity index (χ1) is 13.2. The Hall–Kier alpha value is -2.82. The van der Waals surface area contributed by atoms with Crippen LogP contribution in [-0.2, 0) is 24.1 Å². The molecule has 1 saturated heterocycles. The lowest BCUT2D eigenvalue weighted by Crippen LogP contribution is -2.38. The second-order valence-electron chi connectivity index (χ2n) is 7.43. The van der Waals surface area contributed by atoms with E-state index in [1.54, 1.807) is 0 Å². The van der Waals surface area contributed by atoms with Crippen LogP contribution in [-0.4, -0.2) is 36.0 Å². The number of likely N-dealkylation sites (tertiary alicyclic amines) is 1. The largest absolute Gasteiger partial charge is 0.342 e. The van der Waals surface area contributed by atoms with Crippen molar-refractivity contribution in [1.29, 1.82) is 0 Å². The van der Waals surface area contributed by atoms with Crippen LogP contribution in [0.2, 0.25) is 0 Å². The average molecular weight is 363 g/mol. The van der Waals surface area contributed by atoms with Gasteiger partial charge in [-0.3, -0.25) is 4.79 Å². The lowest BCUT2D eigenvalue weighted by molar-refractivity contribution is -0.129. The molecular weight excluding hydrogens is 338 g/mol. The minimum absolute atomic E-state index is 0.139. The normalized spacial score (nSPS) is 16.2. The molecule has 0 radical (unpaired) electrons. The van der Waals surface area contributed by atoms with Crippen molar-refractivity contribution in [2.24, 2.45) is 0 Å². The number of carbonyl (C=O) groups excluding carboxylic acids is 2. The van der Waals surface area contributed by atoms with Gasteiger partial charge in [-0.25, -0.2) is 4.79 Å². The molecule has 0 unspecified atom stereocenters. The summed E-state index contributed by atoms with van der Waals surface area (Å²) in [4.78, 5) is 26.4. The molecule has 2 aromatic rings. The molecule has 1 aliphatic heterocycles. The number of carbonyl (C=O) groups is 2. The van der Waals surface area contributed by atoms with Gasteiger partial charge < -0.3 is 15.5 Å². The van der Waals surface area contributed by atoms with Crippen LogP contribution < -0.4 is 10.6 Å². The molecule has 4 rings (SSSR count). The molecule has 1 aliphatic carbocycles. The van der Waals surface area contributed by atoms with E-state index in [1.807, 2.05) is 41.3 Å². The molecule has 0 spiro atoms. The van der Waals surface area contributed by atoms with Gasteiger partial charge in [-0.1, -0.05) is 36.4 Å². The van der Waals surface area contributed by atoms with Crippen LogP contribution in [0.5, 0.6) is 0 Å². The van der Waals surface area contributed by atoms with Gasteiger partial charge in [0.15, 0.2) is 0 Å². The first-order valence-corrected chi connectivity index (χ1v) is 9.68. The summed E-state index contributed by atoms with van der Waals surface area (Å²) in [5.41, 5.74) is 4.34. The topological polar surface area (TPSA) is 61.4 Å². The number of rotatable bonds is 4. The highest BCUT2D eigenvalue weighted by Crippen LogP contribution is 2.21. The van der Waals surface area contributed by atoms with Crippen LogP contribution in [0.15, 0.2) is 48.5 Å². The third-order valence-corrected chi connectivity index (χ3v) is 5.41. The molecule has 1 heterocycles. The highest BCUT2D eigenvalue weighted by atomic mass is 16.2. The predicted octanol–water partition coefficient (Wildman–Crippen LogP) is 3.14. The molecule has 0 aromatic heterocycles. The van der Waals surface area contributed by atoms with Crippen molar-refractivity contribution in [3.63, 3.8) is 0 Å². The molecule has 5 nitrogen and oxygen atoms in total. The van der Waals surface area contributed by atoms with E-state index >= 15 is 0 Å². The SMILES string of the molecule is O=C(Nc1ccc(CC(=O)N2CCCC2)cc1)NC1Cc2ccccc2C1. The monoisotopic (exact) mass is 363 g/mol. The zero-order valence-corrected chi connectivity index (χ0v) is 15.4. The van der Waals surface area contributed by atoms with Gasteiger partial charge in [0.1, 0.15) is 0 Å². The lowest BCUT2D eigenvalue weighted by atomic mass is 10.1. The van der Waals surface area contributed by atoms with Crippen LogP contribution in [0, 0.1) is 0 Å². The van der Waals surface area contributed by atoms with Gasteiger partial charge in [-0.15, -0.1) is 0 Å². The average Bonchev–Trinajstić information content (AvgIpc) is 3.32. The van der Waals surface area contributed by atoms with Gasteiger partial charge >= 0.3 is 6.03 Å². The molecule has 2 aliphatic rings. The van der Waals surface area contributed by atoms with E-state index < -0.39 is 0 Å². The maximum atomic E-state index is 12.3. The number of amides is 3. The molecule has 0 bridgehead atoms. The van der Waals surface area contributed by atoms with Crippen molar-refractivity contribution in [2.45, 2.75) is 38.1 Å². The van der Waals surface area contributed by atoms with Crippen molar-refractivity contribution in [3.8, 4) is 0 Å². The summed E-state index contributed by atoms with van der Waals surface area (Å²) in [5.74, 6) is 0.187. The Kier molecular flexibility index (Phi) is 5.10. The number of fused-ring (bicyclic) bond motifs is 1. The first-order valence-electron chi connectivity index (χ1n) is 9.68. The molecule has 0 saturated carbocycles. The van der Waals surface area contributed by atoms with Gasteiger partial charge in [0.2, 0.25) is 5.91 Å². The van der Waals surface area contributed by atoms with Crippen molar-refractivity contribution >= 4 is 17.6 Å². The van der Waals surface area contributed by atoms with E-state index in [0.717, 1.165) is 50.0 Å². The second kappa shape index (κ2) is 7.82. The molecule has 2 N–H and O–H groups in total. The summed E-state index contributed by atoms with van der Waals surface area (Å²) < 4.78 is 0. The highest BCUT2D eigenvalue weighted by Gasteiger charge is 2.22. The zero-order valence-electron chi connectivity index (χ0n) is 15.4. The maximum absolute atomic E-state index is 12.3.